The van der Waals surface area contributed by atoms with Crippen molar-refractivity contribution < 1.29 is 27.4 Å². The van der Waals surface area contributed by atoms with Crippen LogP contribution >= 0.6 is 0 Å². The molecule has 1 aliphatic rings. The zero-order valence-electron chi connectivity index (χ0n) is 17.5. The summed E-state index contributed by atoms with van der Waals surface area (Å²) in [5, 5.41) is 0.609. The van der Waals surface area contributed by atoms with Gasteiger partial charge in [-0.05, 0) is 55.2 Å². The second-order valence-corrected chi connectivity index (χ2v) is 7.74. The molecule has 1 aromatic heterocycles. The van der Waals surface area contributed by atoms with Crippen LogP contribution in [0.25, 0.3) is 10.9 Å². The first-order valence-corrected chi connectivity index (χ1v) is 10.3. The number of hydrogen-bond acceptors (Lipinski definition) is 7. The van der Waals surface area contributed by atoms with Crippen LogP contribution in [0.2, 0.25) is 0 Å². The Hall–Kier alpha value is -3.76. The van der Waals surface area contributed by atoms with Gasteiger partial charge in [0.15, 0.2) is 0 Å². The van der Waals surface area contributed by atoms with E-state index in [1.54, 1.807) is 23.1 Å². The number of nitrogen functional groups attached to an aromatic ring is 2. The molecule has 2 heterocycles. The van der Waals surface area contributed by atoms with Crippen molar-refractivity contribution in [2.24, 2.45) is 5.92 Å². The predicted octanol–water partition coefficient (Wildman–Crippen LogP) is 3.62. The number of halogens is 3. The monoisotopic (exact) mass is 461 g/mol. The number of carbonyl (C=O) groups is 1. The lowest BCUT2D eigenvalue weighted by molar-refractivity contribution is -0.274. The van der Waals surface area contributed by atoms with Crippen LogP contribution in [0.4, 0.5) is 24.9 Å². The summed E-state index contributed by atoms with van der Waals surface area (Å²) in [7, 11) is 0. The van der Waals surface area contributed by atoms with Gasteiger partial charge in [-0.2, -0.15) is 4.98 Å². The van der Waals surface area contributed by atoms with Gasteiger partial charge in [0.25, 0.3) is 5.91 Å². The Morgan fingerprint density at radius 3 is 2.42 bits per heavy atom. The van der Waals surface area contributed by atoms with Crippen LogP contribution < -0.4 is 20.9 Å². The van der Waals surface area contributed by atoms with Crippen LogP contribution in [-0.4, -0.2) is 46.8 Å². The molecule has 2 aromatic carbocycles. The fourth-order valence-corrected chi connectivity index (χ4v) is 3.81. The number of alkyl halides is 3. The second kappa shape index (κ2) is 9.00. The van der Waals surface area contributed by atoms with Gasteiger partial charge in [-0.1, -0.05) is 6.07 Å². The second-order valence-electron chi connectivity index (χ2n) is 7.74. The molecule has 1 amide bonds. The number of hydrogen-bond donors (Lipinski definition) is 2. The Kier molecular flexibility index (Phi) is 6.12. The number of likely N-dealkylation sites (tertiary alicyclic amines) is 1. The number of fused-ring (bicyclic) bond motifs is 1. The number of rotatable bonds is 5. The molecule has 0 spiro atoms. The van der Waals surface area contributed by atoms with E-state index >= 15 is 0 Å². The molecule has 8 nitrogen and oxygen atoms in total. The molecule has 1 saturated heterocycles. The minimum atomic E-state index is -4.77. The van der Waals surface area contributed by atoms with E-state index in [-0.39, 0.29) is 29.3 Å². The molecule has 3 aromatic rings. The molecular formula is C22H22F3N5O3. The number of nitrogens with zero attached hydrogens (tertiary/aromatic N) is 3. The number of amides is 1. The standard InChI is InChI=1S/C22H22F3N5O3/c23-22(24,25)33-15-6-4-14(5-7-15)20(31)30-10-8-13(9-11-30)12-32-17-3-1-2-16-18(17)19(26)29-21(27)28-16/h1-7,13H,8-12H2,(H4,26,27,28,29). The fraction of sp³-hybridized carbons (Fsp3) is 0.318. The van der Waals surface area contributed by atoms with Crippen molar-refractivity contribution in [3.8, 4) is 11.5 Å². The fourth-order valence-electron chi connectivity index (χ4n) is 3.81. The summed E-state index contributed by atoms with van der Waals surface area (Å²) in [6.07, 6.45) is -3.32. The summed E-state index contributed by atoms with van der Waals surface area (Å²) in [6.45, 7) is 1.48. The molecule has 4 rings (SSSR count). The van der Waals surface area contributed by atoms with Crippen molar-refractivity contribution in [3.05, 3.63) is 48.0 Å². The van der Waals surface area contributed by atoms with Gasteiger partial charge in [0.2, 0.25) is 5.95 Å². The lowest BCUT2D eigenvalue weighted by Crippen LogP contribution is -2.39. The number of anilines is 2. The van der Waals surface area contributed by atoms with Crippen molar-refractivity contribution in [2.45, 2.75) is 19.2 Å². The largest absolute Gasteiger partial charge is 0.573 e. The van der Waals surface area contributed by atoms with Gasteiger partial charge < -0.3 is 25.8 Å². The van der Waals surface area contributed by atoms with E-state index in [0.717, 1.165) is 25.0 Å². The van der Waals surface area contributed by atoms with Crippen LogP contribution in [0, 0.1) is 5.92 Å². The Bertz CT molecular complexity index is 1150. The van der Waals surface area contributed by atoms with Gasteiger partial charge in [0.1, 0.15) is 17.3 Å². The highest BCUT2D eigenvalue weighted by molar-refractivity contribution is 5.95. The smallest absolute Gasteiger partial charge is 0.492 e. The molecule has 4 N–H and O–H groups in total. The Morgan fingerprint density at radius 2 is 1.76 bits per heavy atom. The minimum absolute atomic E-state index is 0.0942. The molecule has 11 heteroatoms. The number of aromatic nitrogens is 2. The number of ether oxygens (including phenoxy) is 2. The van der Waals surface area contributed by atoms with Crippen LogP contribution in [0.5, 0.6) is 11.5 Å². The van der Waals surface area contributed by atoms with Crippen molar-refractivity contribution >= 4 is 28.6 Å². The molecule has 174 valence electrons. The molecular weight excluding hydrogens is 439 g/mol. The van der Waals surface area contributed by atoms with E-state index < -0.39 is 6.36 Å². The summed E-state index contributed by atoms with van der Waals surface area (Å²) in [4.78, 5) is 22.5. The Labute approximate surface area is 187 Å². The number of nitrogens with two attached hydrogens (primary N) is 2. The molecule has 0 saturated carbocycles. The molecule has 33 heavy (non-hydrogen) atoms. The van der Waals surface area contributed by atoms with E-state index in [1.165, 1.54) is 12.1 Å². The van der Waals surface area contributed by atoms with Gasteiger partial charge in [-0.3, -0.25) is 4.79 Å². The summed E-state index contributed by atoms with van der Waals surface area (Å²) >= 11 is 0. The zero-order chi connectivity index (χ0) is 23.6. The molecule has 0 bridgehead atoms. The van der Waals surface area contributed by atoms with Crippen molar-refractivity contribution in [3.63, 3.8) is 0 Å². The first-order chi connectivity index (χ1) is 15.7. The van der Waals surface area contributed by atoms with E-state index in [0.29, 0.717) is 41.9 Å². The van der Waals surface area contributed by atoms with Crippen molar-refractivity contribution in [1.82, 2.24) is 14.9 Å². The average Bonchev–Trinajstić information content (AvgIpc) is 2.76. The predicted molar refractivity (Wildman–Crippen MR) is 116 cm³/mol. The van der Waals surface area contributed by atoms with E-state index in [1.807, 2.05) is 0 Å². The number of piperidine rings is 1. The zero-order valence-corrected chi connectivity index (χ0v) is 17.5. The van der Waals surface area contributed by atoms with Crippen molar-refractivity contribution in [2.75, 3.05) is 31.2 Å². The van der Waals surface area contributed by atoms with Crippen molar-refractivity contribution in [1.29, 1.82) is 0 Å². The first-order valence-electron chi connectivity index (χ1n) is 10.3. The quantitative estimate of drug-likeness (QED) is 0.596. The Balaban J connectivity index is 1.32. The third-order valence-corrected chi connectivity index (χ3v) is 5.44. The highest BCUT2D eigenvalue weighted by Gasteiger charge is 2.31. The molecule has 1 aliphatic heterocycles. The van der Waals surface area contributed by atoms with Crippen LogP contribution in [0.3, 0.4) is 0 Å². The topological polar surface area (TPSA) is 117 Å². The van der Waals surface area contributed by atoms with Gasteiger partial charge >= 0.3 is 6.36 Å². The highest BCUT2D eigenvalue weighted by atomic mass is 19.4. The third-order valence-electron chi connectivity index (χ3n) is 5.44. The van der Waals surface area contributed by atoms with Gasteiger partial charge in [-0.15, -0.1) is 13.2 Å². The van der Waals surface area contributed by atoms with E-state index in [2.05, 4.69) is 14.7 Å². The lowest BCUT2D eigenvalue weighted by Gasteiger charge is -2.32. The maximum absolute atomic E-state index is 12.7. The summed E-state index contributed by atoms with van der Waals surface area (Å²) < 4.78 is 46.7. The highest BCUT2D eigenvalue weighted by Crippen LogP contribution is 2.30. The van der Waals surface area contributed by atoms with Gasteiger partial charge in [-0.25, -0.2) is 4.98 Å². The first kappa shape index (κ1) is 22.4. The summed E-state index contributed by atoms with van der Waals surface area (Å²) in [6, 6.07) is 10.3. The summed E-state index contributed by atoms with van der Waals surface area (Å²) in [5.41, 5.74) is 12.6. The Morgan fingerprint density at radius 1 is 1.06 bits per heavy atom. The molecule has 0 atom stereocenters. The molecule has 0 aliphatic carbocycles. The molecule has 1 fully saturated rings. The SMILES string of the molecule is Nc1nc(N)c2c(OCC3CCN(C(=O)c4ccc(OC(F)(F)F)cc4)CC3)cccc2n1. The number of benzene rings is 2. The van der Waals surface area contributed by atoms with Gasteiger partial charge in [0.05, 0.1) is 17.5 Å². The molecule has 0 radical (unpaired) electrons. The van der Waals surface area contributed by atoms with Crippen LogP contribution in [0.15, 0.2) is 42.5 Å². The number of carbonyl (C=O) groups excluding carboxylic acids is 1. The normalized spacial score (nSPS) is 14.9. The van der Waals surface area contributed by atoms with Gasteiger partial charge in [0, 0.05) is 18.7 Å². The van der Waals surface area contributed by atoms with Crippen LogP contribution in [0.1, 0.15) is 23.2 Å². The maximum Gasteiger partial charge on any atom is 0.573 e. The maximum atomic E-state index is 12.7. The molecule has 0 unspecified atom stereocenters. The summed E-state index contributed by atoms with van der Waals surface area (Å²) in [5.74, 6) is 0.547. The third kappa shape index (κ3) is 5.36. The van der Waals surface area contributed by atoms with E-state index in [4.69, 9.17) is 16.2 Å². The van der Waals surface area contributed by atoms with E-state index in [9.17, 15) is 18.0 Å². The minimum Gasteiger partial charge on any atom is -0.492 e. The van der Waals surface area contributed by atoms with Crippen LogP contribution in [-0.2, 0) is 0 Å². The lowest BCUT2D eigenvalue weighted by atomic mass is 9.97. The average molecular weight is 461 g/mol.